The zero-order valence-corrected chi connectivity index (χ0v) is 47.0. The van der Waals surface area contributed by atoms with Gasteiger partial charge in [0.1, 0.15) is 28.6 Å². The van der Waals surface area contributed by atoms with E-state index in [-0.39, 0.29) is 43.5 Å². The number of hydrogen-bond donors (Lipinski definition) is 4. The van der Waals surface area contributed by atoms with E-state index >= 15 is 0 Å². The van der Waals surface area contributed by atoms with Crippen LogP contribution in [0.5, 0.6) is 23.0 Å². The molecule has 0 aliphatic rings. The summed E-state index contributed by atoms with van der Waals surface area (Å²) in [6, 6.07) is 39.8. The summed E-state index contributed by atoms with van der Waals surface area (Å²) in [6.07, 6.45) is 6.30. The van der Waals surface area contributed by atoms with Crippen LogP contribution in [0.3, 0.4) is 0 Å². The molecule has 0 saturated heterocycles. The molecule has 2 aromatic heterocycles. The smallest absolute Gasteiger partial charge is 0.407 e. The number of aromatic nitrogens is 2. The van der Waals surface area contributed by atoms with Gasteiger partial charge in [0.05, 0.1) is 17.2 Å². The summed E-state index contributed by atoms with van der Waals surface area (Å²) in [7, 11) is 0. The van der Waals surface area contributed by atoms with Crippen LogP contribution in [-0.4, -0.2) is 77.1 Å². The minimum absolute atomic E-state index is 0.000673. The molecule has 2 atom stereocenters. The lowest BCUT2D eigenvalue weighted by Gasteiger charge is -2.22. The number of esters is 2. The summed E-state index contributed by atoms with van der Waals surface area (Å²) in [6.45, 7) is 12.6. The van der Waals surface area contributed by atoms with Gasteiger partial charge in [0.2, 0.25) is 11.8 Å². The Morgan fingerprint density at radius 3 is 1.39 bits per heavy atom. The fourth-order valence-electron chi connectivity index (χ4n) is 8.05. The van der Waals surface area contributed by atoms with Crippen molar-refractivity contribution in [3.63, 3.8) is 0 Å². The van der Waals surface area contributed by atoms with Crippen molar-refractivity contribution in [1.82, 2.24) is 15.3 Å². The first-order valence-corrected chi connectivity index (χ1v) is 26.5. The predicted octanol–water partition coefficient (Wildman–Crippen LogP) is 12.0. The van der Waals surface area contributed by atoms with Crippen molar-refractivity contribution in [3.05, 3.63) is 192 Å². The number of ether oxygens (including phenoxy) is 5. The number of fused-ring (bicyclic) bond motifs is 2. The Morgan fingerprint density at radius 2 is 0.975 bits per heavy atom. The third-order valence-corrected chi connectivity index (χ3v) is 11.9. The van der Waals surface area contributed by atoms with E-state index in [0.29, 0.717) is 39.9 Å². The van der Waals surface area contributed by atoms with Crippen LogP contribution in [0.1, 0.15) is 66.0 Å². The van der Waals surface area contributed by atoms with Gasteiger partial charge in [0.15, 0.2) is 13.2 Å². The van der Waals surface area contributed by atoms with Crippen LogP contribution in [0.25, 0.3) is 21.5 Å². The number of aryl methyl sites for hydroxylation is 4. The summed E-state index contributed by atoms with van der Waals surface area (Å²) in [5, 5.41) is 12.6. The monoisotopic (exact) mass is 1120 g/mol. The predicted molar refractivity (Wildman–Crippen MR) is 313 cm³/mol. The van der Waals surface area contributed by atoms with E-state index in [0.717, 1.165) is 49.4 Å². The van der Waals surface area contributed by atoms with Gasteiger partial charge in [-0.3, -0.25) is 19.6 Å². The van der Waals surface area contributed by atoms with E-state index in [1.807, 2.05) is 94.4 Å². The van der Waals surface area contributed by atoms with Crippen LogP contribution >= 0.6 is 23.2 Å². The van der Waals surface area contributed by atoms with Crippen molar-refractivity contribution >= 4 is 86.0 Å². The lowest BCUT2D eigenvalue weighted by atomic mass is 9.97. The number of carbonyl (C=O) groups excluding carboxylic acids is 5. The summed E-state index contributed by atoms with van der Waals surface area (Å²) in [5.74, 6) is -0.900. The number of amides is 3. The molecular formula is C62H64Cl2N6O10. The van der Waals surface area contributed by atoms with E-state index in [4.69, 9.17) is 52.6 Å². The second-order valence-electron chi connectivity index (χ2n) is 19.4. The number of alkyl halides is 2. The van der Waals surface area contributed by atoms with Crippen molar-refractivity contribution in [1.29, 1.82) is 0 Å². The van der Waals surface area contributed by atoms with Gasteiger partial charge < -0.3 is 45.4 Å². The van der Waals surface area contributed by atoms with E-state index < -0.39 is 35.5 Å². The SMILES string of the molecule is Cc1ccc(OC(=O)COc2ccc(C(CN)C(=O)Nc3ccc4cnccc4c3)cc2)c(C)c1.Cc1ccc(OC(=O)COc2ccc(C(CNC(=O)OC(C)(C)C)C(=O)Nc3ccc4cnccc4c3)cc2)c(C)c1.ClCCl. The number of pyridine rings is 2. The number of anilines is 2. The first kappa shape index (κ1) is 60.7. The van der Waals surface area contributed by atoms with Crippen LogP contribution in [0, 0.1) is 27.7 Å². The third-order valence-electron chi connectivity index (χ3n) is 11.9. The molecule has 5 N–H and O–H groups in total. The molecule has 0 aliphatic heterocycles. The molecule has 2 unspecified atom stereocenters. The van der Waals surface area contributed by atoms with Gasteiger partial charge in [0, 0.05) is 60.0 Å². The fourth-order valence-corrected chi connectivity index (χ4v) is 8.05. The van der Waals surface area contributed by atoms with Gasteiger partial charge in [-0.2, -0.15) is 0 Å². The lowest BCUT2D eigenvalue weighted by molar-refractivity contribution is -0.137. The number of hydrogen-bond acceptors (Lipinski definition) is 13. The topological polar surface area (TPSA) is 219 Å². The third kappa shape index (κ3) is 18.8. The van der Waals surface area contributed by atoms with Crippen LogP contribution in [-0.2, 0) is 23.9 Å². The minimum Gasteiger partial charge on any atom is -0.482 e. The van der Waals surface area contributed by atoms with Gasteiger partial charge in [-0.15, -0.1) is 23.2 Å². The summed E-state index contributed by atoms with van der Waals surface area (Å²) in [5.41, 5.74) is 11.8. The zero-order chi connectivity index (χ0) is 57.8. The number of halogens is 2. The van der Waals surface area contributed by atoms with Gasteiger partial charge in [-0.1, -0.05) is 71.8 Å². The molecule has 3 amide bonds. The molecule has 0 saturated carbocycles. The normalized spacial score (nSPS) is 11.5. The molecule has 0 radical (unpaired) electrons. The zero-order valence-electron chi connectivity index (χ0n) is 45.5. The van der Waals surface area contributed by atoms with Gasteiger partial charge >= 0.3 is 18.0 Å². The Bertz CT molecular complexity index is 3410. The molecule has 80 heavy (non-hydrogen) atoms. The number of carbonyl (C=O) groups is 5. The first-order valence-electron chi connectivity index (χ1n) is 25.4. The van der Waals surface area contributed by atoms with Crippen LogP contribution in [0.15, 0.2) is 158 Å². The molecule has 6 aromatic carbocycles. The molecule has 18 heteroatoms. The van der Waals surface area contributed by atoms with Crippen molar-refractivity contribution in [2.75, 3.05) is 42.3 Å². The Kier molecular flexibility index (Phi) is 22.3. The van der Waals surface area contributed by atoms with Crippen LogP contribution < -0.4 is 40.6 Å². The number of alkyl carbamates (subject to hydrolysis) is 1. The summed E-state index contributed by atoms with van der Waals surface area (Å²) in [4.78, 5) is 71.4. The second-order valence-corrected chi connectivity index (χ2v) is 20.2. The Hall–Kier alpha value is -8.57. The lowest BCUT2D eigenvalue weighted by Crippen LogP contribution is -2.37. The molecular weight excluding hydrogens is 1060 g/mol. The molecule has 0 bridgehead atoms. The number of nitrogens with zero attached hydrogens (tertiary/aromatic N) is 2. The van der Waals surface area contributed by atoms with E-state index in [1.54, 1.807) is 112 Å². The number of nitrogens with two attached hydrogens (primary N) is 1. The number of rotatable bonds is 17. The molecule has 416 valence electrons. The molecule has 0 spiro atoms. The van der Waals surface area contributed by atoms with Gasteiger partial charge in [-0.05, 0) is 154 Å². The Morgan fingerprint density at radius 1 is 0.550 bits per heavy atom. The minimum atomic E-state index is -0.741. The maximum atomic E-state index is 13.5. The van der Waals surface area contributed by atoms with Crippen molar-refractivity contribution in [3.8, 4) is 23.0 Å². The molecule has 16 nitrogen and oxygen atoms in total. The van der Waals surface area contributed by atoms with Crippen molar-refractivity contribution < 1.29 is 47.7 Å². The van der Waals surface area contributed by atoms with E-state index in [9.17, 15) is 24.0 Å². The Labute approximate surface area is 475 Å². The highest BCUT2D eigenvalue weighted by Crippen LogP contribution is 2.27. The quantitative estimate of drug-likeness (QED) is 0.0379. The maximum absolute atomic E-state index is 13.5. The van der Waals surface area contributed by atoms with E-state index in [1.165, 1.54) is 0 Å². The van der Waals surface area contributed by atoms with Crippen LogP contribution in [0.4, 0.5) is 16.2 Å². The highest BCUT2D eigenvalue weighted by molar-refractivity contribution is 6.40. The second kappa shape index (κ2) is 29.4. The fraction of sp³-hybridized carbons (Fsp3) is 0.242. The summed E-state index contributed by atoms with van der Waals surface area (Å²) < 4.78 is 27.3. The standard InChI is InChI=1S/C33H35N3O6.C28H27N3O4.CH2Cl2/c1-21-6-13-29(22(2)16-21)41-30(37)20-40-27-11-8-23(9-12-27)28(19-35-32(39)42-33(3,4)5)31(38)36-26-10-7-25-18-34-15-14-24(25)17-26;1-18-3-10-26(19(2)13-18)35-27(32)17-34-24-8-5-20(6-9-24)25(15-29)28(33)31-23-7-4-22-16-30-12-11-21(22)14-23;2-1-3/h6-18,28H,19-20H2,1-5H3,(H,35,39)(H,36,38);3-14,16,25H,15,17,29H2,1-2H3,(H,31,33);1H2. The number of benzene rings is 6. The molecule has 8 aromatic rings. The molecule has 0 fully saturated rings. The number of nitrogens with one attached hydrogen (secondary N) is 3. The Balaban J connectivity index is 0.000000249. The maximum Gasteiger partial charge on any atom is 0.407 e. The molecule has 8 rings (SSSR count). The highest BCUT2D eigenvalue weighted by Gasteiger charge is 2.25. The summed E-state index contributed by atoms with van der Waals surface area (Å²) >= 11 is 9.53. The largest absolute Gasteiger partial charge is 0.482 e. The van der Waals surface area contributed by atoms with Crippen LogP contribution in [0.2, 0.25) is 0 Å². The molecule has 2 heterocycles. The average Bonchev–Trinajstić information content (AvgIpc) is 3.42. The highest BCUT2D eigenvalue weighted by atomic mass is 35.5. The van der Waals surface area contributed by atoms with Gasteiger partial charge in [0.25, 0.3) is 0 Å². The first-order chi connectivity index (χ1) is 38.3. The van der Waals surface area contributed by atoms with E-state index in [2.05, 4.69) is 25.9 Å². The van der Waals surface area contributed by atoms with Gasteiger partial charge in [-0.25, -0.2) is 14.4 Å². The average molecular weight is 1120 g/mol. The van der Waals surface area contributed by atoms with Crippen molar-refractivity contribution in [2.24, 2.45) is 5.73 Å². The molecule has 0 aliphatic carbocycles. The van der Waals surface area contributed by atoms with Crippen molar-refractivity contribution in [2.45, 2.75) is 65.9 Å².